The van der Waals surface area contributed by atoms with Gasteiger partial charge in [-0.3, -0.25) is 4.79 Å². The van der Waals surface area contributed by atoms with Crippen LogP contribution >= 0.6 is 11.3 Å². The Labute approximate surface area is 149 Å². The number of hydrogen-bond acceptors (Lipinski definition) is 5. The quantitative estimate of drug-likeness (QED) is 0.924. The van der Waals surface area contributed by atoms with Gasteiger partial charge in [0.1, 0.15) is 11.6 Å². The number of benzene rings is 1. The van der Waals surface area contributed by atoms with Gasteiger partial charge in [-0.1, -0.05) is 36.4 Å². The molecule has 6 heteroatoms. The molecule has 0 fully saturated rings. The van der Waals surface area contributed by atoms with E-state index in [2.05, 4.69) is 6.07 Å². The van der Waals surface area contributed by atoms with Gasteiger partial charge in [0, 0.05) is 23.5 Å². The lowest BCUT2D eigenvalue weighted by Crippen LogP contribution is -2.27. The molecule has 5 nitrogen and oxygen atoms in total. The lowest BCUT2D eigenvalue weighted by Gasteiger charge is -2.23. The van der Waals surface area contributed by atoms with Crippen LogP contribution in [0.5, 0.6) is 0 Å². The van der Waals surface area contributed by atoms with Crippen LogP contribution in [0.4, 0.5) is 0 Å². The van der Waals surface area contributed by atoms with Gasteiger partial charge < -0.3 is 15.4 Å². The molecule has 3 heterocycles. The van der Waals surface area contributed by atoms with Crippen molar-refractivity contribution >= 4 is 17.2 Å². The fraction of sp³-hybridized carbons (Fsp3) is 0.158. The second kappa shape index (κ2) is 6.11. The summed E-state index contributed by atoms with van der Waals surface area (Å²) in [5.74, 6) is -0.195. The standard InChI is InChI=1S/C19H15N3O2S/c20-9-13-16(15-7-4-8-25-15)14-11-22(10-12-5-2-1-3-6-12)19(23)17(14)24-18(13)21/h1-8,16H,10-11,21H2. The number of nitrogens with zero attached hydrogens (tertiary/aromatic N) is 2. The summed E-state index contributed by atoms with van der Waals surface area (Å²) < 4.78 is 5.55. The first-order valence-electron chi connectivity index (χ1n) is 7.86. The van der Waals surface area contributed by atoms with Crippen molar-refractivity contribution in [1.29, 1.82) is 5.26 Å². The zero-order valence-corrected chi connectivity index (χ0v) is 14.1. The second-order valence-corrected chi connectivity index (χ2v) is 6.92. The molecule has 0 saturated carbocycles. The molecular formula is C19H15N3O2S. The molecule has 124 valence electrons. The highest BCUT2D eigenvalue weighted by Gasteiger charge is 2.42. The van der Waals surface area contributed by atoms with Crippen LogP contribution in [0.15, 0.2) is 70.6 Å². The largest absolute Gasteiger partial charge is 0.435 e. The van der Waals surface area contributed by atoms with Crippen LogP contribution in [-0.4, -0.2) is 17.4 Å². The number of rotatable bonds is 3. The summed E-state index contributed by atoms with van der Waals surface area (Å²) in [5.41, 5.74) is 8.17. The highest BCUT2D eigenvalue weighted by molar-refractivity contribution is 7.10. The van der Waals surface area contributed by atoms with Gasteiger partial charge in [-0.05, 0) is 17.0 Å². The van der Waals surface area contributed by atoms with Crippen LogP contribution in [0.25, 0.3) is 0 Å². The number of amides is 1. The van der Waals surface area contributed by atoms with E-state index >= 15 is 0 Å². The monoisotopic (exact) mass is 349 g/mol. The van der Waals surface area contributed by atoms with Crippen molar-refractivity contribution in [2.24, 2.45) is 5.73 Å². The van der Waals surface area contributed by atoms with Gasteiger partial charge >= 0.3 is 0 Å². The average molecular weight is 349 g/mol. The first-order chi connectivity index (χ1) is 12.2. The Morgan fingerprint density at radius 3 is 2.76 bits per heavy atom. The van der Waals surface area contributed by atoms with Crippen LogP contribution < -0.4 is 5.73 Å². The van der Waals surface area contributed by atoms with Gasteiger partial charge in [0.15, 0.2) is 5.76 Å². The third-order valence-corrected chi connectivity index (χ3v) is 5.35. The average Bonchev–Trinajstić information content (AvgIpc) is 3.25. The summed E-state index contributed by atoms with van der Waals surface area (Å²) in [7, 11) is 0. The minimum atomic E-state index is -0.307. The number of thiophene rings is 1. The Morgan fingerprint density at radius 2 is 2.08 bits per heavy atom. The fourth-order valence-corrected chi connectivity index (χ4v) is 4.13. The number of nitrogens with two attached hydrogens (primary N) is 1. The van der Waals surface area contributed by atoms with E-state index in [1.807, 2.05) is 47.8 Å². The molecule has 1 aromatic heterocycles. The Morgan fingerprint density at radius 1 is 1.28 bits per heavy atom. The van der Waals surface area contributed by atoms with Gasteiger partial charge in [-0.15, -0.1) is 11.3 Å². The predicted molar refractivity (Wildman–Crippen MR) is 93.9 cm³/mol. The van der Waals surface area contributed by atoms with Crippen molar-refractivity contribution in [2.75, 3.05) is 6.54 Å². The second-order valence-electron chi connectivity index (χ2n) is 5.94. The highest BCUT2D eigenvalue weighted by Crippen LogP contribution is 2.44. The van der Waals surface area contributed by atoms with E-state index in [1.54, 1.807) is 16.2 Å². The number of ether oxygens (including phenoxy) is 1. The maximum Gasteiger partial charge on any atom is 0.290 e. The summed E-state index contributed by atoms with van der Waals surface area (Å²) in [6, 6.07) is 15.8. The summed E-state index contributed by atoms with van der Waals surface area (Å²) in [5, 5.41) is 11.5. The van der Waals surface area contributed by atoms with Gasteiger partial charge in [0.05, 0.1) is 5.92 Å². The Bertz CT molecular complexity index is 923. The molecule has 0 spiro atoms. The minimum absolute atomic E-state index is 0.0227. The molecule has 2 aromatic rings. The van der Waals surface area contributed by atoms with Crippen molar-refractivity contribution in [2.45, 2.75) is 12.5 Å². The summed E-state index contributed by atoms with van der Waals surface area (Å²) >= 11 is 1.55. The normalized spacial score (nSPS) is 19.7. The topological polar surface area (TPSA) is 79.4 Å². The first-order valence-corrected chi connectivity index (χ1v) is 8.74. The molecule has 25 heavy (non-hydrogen) atoms. The number of carbonyl (C=O) groups excluding carboxylic acids is 1. The van der Waals surface area contributed by atoms with E-state index in [9.17, 15) is 10.1 Å². The molecule has 1 aromatic carbocycles. The molecule has 4 rings (SSSR count). The Kier molecular flexibility index (Phi) is 3.79. The lowest BCUT2D eigenvalue weighted by atomic mass is 9.88. The van der Waals surface area contributed by atoms with Crippen molar-refractivity contribution in [3.63, 3.8) is 0 Å². The lowest BCUT2D eigenvalue weighted by molar-refractivity contribution is -0.128. The zero-order chi connectivity index (χ0) is 17.4. The molecular weight excluding hydrogens is 334 g/mol. The Hall–Kier alpha value is -3.04. The highest BCUT2D eigenvalue weighted by atomic mass is 32.1. The van der Waals surface area contributed by atoms with Crippen molar-refractivity contribution < 1.29 is 9.53 Å². The number of allylic oxidation sites excluding steroid dienone is 1. The van der Waals surface area contributed by atoms with Gasteiger partial charge in [-0.25, -0.2) is 0 Å². The van der Waals surface area contributed by atoms with E-state index in [4.69, 9.17) is 10.5 Å². The predicted octanol–water partition coefficient (Wildman–Crippen LogP) is 2.85. The van der Waals surface area contributed by atoms with E-state index in [1.165, 1.54) is 0 Å². The molecule has 1 unspecified atom stereocenters. The maximum atomic E-state index is 12.8. The first kappa shape index (κ1) is 15.5. The number of carbonyl (C=O) groups is 1. The van der Waals surface area contributed by atoms with Crippen molar-refractivity contribution in [3.05, 3.63) is 81.1 Å². The van der Waals surface area contributed by atoms with E-state index < -0.39 is 0 Å². The number of hydrogen-bond donors (Lipinski definition) is 1. The van der Waals surface area contributed by atoms with Crippen molar-refractivity contribution in [1.82, 2.24) is 4.90 Å². The summed E-state index contributed by atoms with van der Waals surface area (Å²) in [4.78, 5) is 15.5. The van der Waals surface area contributed by atoms with E-state index in [0.29, 0.717) is 18.7 Å². The smallest absolute Gasteiger partial charge is 0.290 e. The Balaban J connectivity index is 1.68. The molecule has 1 amide bonds. The fourth-order valence-electron chi connectivity index (χ4n) is 3.26. The van der Waals surface area contributed by atoms with Gasteiger partial charge in [-0.2, -0.15) is 5.26 Å². The molecule has 2 aliphatic rings. The molecule has 0 bridgehead atoms. The van der Waals surface area contributed by atoms with Crippen molar-refractivity contribution in [3.8, 4) is 6.07 Å². The van der Waals surface area contributed by atoms with Gasteiger partial charge in [0.25, 0.3) is 5.91 Å². The third-order valence-electron chi connectivity index (χ3n) is 4.41. The maximum absolute atomic E-state index is 12.8. The van der Waals surface area contributed by atoms with E-state index in [-0.39, 0.29) is 23.5 Å². The zero-order valence-electron chi connectivity index (χ0n) is 13.3. The third kappa shape index (κ3) is 2.59. The SMILES string of the molecule is N#CC1=C(N)OC2=C(CN(Cc3ccccc3)C2=O)C1c1cccs1. The molecule has 0 radical (unpaired) electrons. The minimum Gasteiger partial charge on any atom is -0.435 e. The summed E-state index contributed by atoms with van der Waals surface area (Å²) in [6.45, 7) is 0.930. The van der Waals surface area contributed by atoms with Crippen LogP contribution in [0.1, 0.15) is 16.4 Å². The summed E-state index contributed by atoms with van der Waals surface area (Å²) in [6.07, 6.45) is 0. The molecule has 1 atom stereocenters. The number of nitriles is 1. The van der Waals surface area contributed by atoms with Crippen LogP contribution in [0.3, 0.4) is 0 Å². The molecule has 0 saturated heterocycles. The van der Waals surface area contributed by atoms with Crippen LogP contribution in [0.2, 0.25) is 0 Å². The molecule has 2 N–H and O–H groups in total. The molecule has 0 aliphatic carbocycles. The molecule has 2 aliphatic heterocycles. The van der Waals surface area contributed by atoms with Crippen LogP contribution in [-0.2, 0) is 16.1 Å². The van der Waals surface area contributed by atoms with E-state index in [0.717, 1.165) is 16.0 Å². The van der Waals surface area contributed by atoms with Gasteiger partial charge in [0.2, 0.25) is 5.88 Å². The van der Waals surface area contributed by atoms with Crippen LogP contribution in [0, 0.1) is 11.3 Å².